The number of hydrogen-bond donors (Lipinski definition) is 2. The summed E-state index contributed by atoms with van der Waals surface area (Å²) >= 11 is 0. The second-order valence-electron chi connectivity index (χ2n) is 15.9. The van der Waals surface area contributed by atoms with Crippen LogP contribution in [0.3, 0.4) is 0 Å². The number of nitrogens with one attached hydrogen (secondary N) is 1. The summed E-state index contributed by atoms with van der Waals surface area (Å²) in [6.07, 6.45) is 10.5. The van der Waals surface area contributed by atoms with Crippen LogP contribution in [0.15, 0.2) is 52.6 Å². The fourth-order valence-corrected chi connectivity index (χ4v) is 11.2. The van der Waals surface area contributed by atoms with Gasteiger partial charge < -0.3 is 9.63 Å². The lowest BCUT2D eigenvalue weighted by atomic mass is 9.33. The van der Waals surface area contributed by atoms with Gasteiger partial charge in [-0.2, -0.15) is 0 Å². The van der Waals surface area contributed by atoms with Gasteiger partial charge in [-0.15, -0.1) is 0 Å². The van der Waals surface area contributed by atoms with Crippen LogP contribution < -0.4 is 5.32 Å². The summed E-state index contributed by atoms with van der Waals surface area (Å²) in [6, 6.07) is 11.6. The van der Waals surface area contributed by atoms with Crippen LogP contribution in [0.4, 0.5) is 5.88 Å². The van der Waals surface area contributed by atoms with Crippen LogP contribution >= 0.6 is 0 Å². The molecule has 5 aliphatic rings. The highest BCUT2D eigenvalue weighted by atomic mass is 16.5. The van der Waals surface area contributed by atoms with Crippen molar-refractivity contribution in [1.29, 1.82) is 0 Å². The van der Waals surface area contributed by atoms with Gasteiger partial charge >= 0.3 is 0 Å². The smallest absolute Gasteiger partial charge is 0.231 e. The molecule has 0 saturated heterocycles. The molecule has 43 heavy (non-hydrogen) atoms. The van der Waals surface area contributed by atoms with Gasteiger partial charge in [-0.05, 0) is 103 Å². The van der Waals surface area contributed by atoms with Gasteiger partial charge in [0.05, 0.1) is 6.10 Å². The van der Waals surface area contributed by atoms with Gasteiger partial charge in [0.2, 0.25) is 11.8 Å². The Morgan fingerprint density at radius 1 is 0.977 bits per heavy atom. The lowest BCUT2D eigenvalue weighted by Crippen LogP contribution is -2.68. The molecule has 1 amide bonds. The fourth-order valence-electron chi connectivity index (χ4n) is 11.2. The molecule has 0 spiro atoms. The van der Waals surface area contributed by atoms with Crippen molar-refractivity contribution in [3.05, 3.63) is 48.0 Å². The maximum Gasteiger partial charge on any atom is 0.231 e. The number of aromatic nitrogens is 1. The standard InChI is InChI=1S/C37H48N2O4/c1-34(2)30(41)15-16-36(4)32-29(40)20-26-25-19-24(33(42)38-31-21-28(39-43-31)23-9-7-6-8-10-23)12-11-22(25)13-14-27(26)35(32,3)17-18-37(34,36)5/h6-10,20-22,24-25,27,30,32,41H,11-19H2,1-5H3,(H,38,42)/t22?,24?,25?,27?,30?,32?,35-,36+,37?/m0/s1. The highest BCUT2D eigenvalue weighted by Crippen LogP contribution is 2.74. The van der Waals surface area contributed by atoms with Gasteiger partial charge in [-0.3, -0.25) is 14.9 Å². The number of carbonyl (C=O) groups is 2. The number of fused-ring (bicyclic) bond motifs is 7. The summed E-state index contributed by atoms with van der Waals surface area (Å²) in [5, 5.41) is 18.2. The van der Waals surface area contributed by atoms with Crippen LogP contribution in [0, 0.1) is 51.2 Å². The average Bonchev–Trinajstić information content (AvgIpc) is 3.46. The first kappa shape index (κ1) is 29.0. The Hall–Kier alpha value is -2.73. The van der Waals surface area contributed by atoms with E-state index in [0.29, 0.717) is 29.2 Å². The Bertz CT molecular complexity index is 1460. The van der Waals surface area contributed by atoms with E-state index in [-0.39, 0.29) is 51.4 Å². The summed E-state index contributed by atoms with van der Waals surface area (Å²) < 4.78 is 5.49. The molecular formula is C37H48N2O4. The van der Waals surface area contributed by atoms with Crippen LogP contribution in [0.5, 0.6) is 0 Å². The Morgan fingerprint density at radius 2 is 1.72 bits per heavy atom. The number of hydrogen-bond acceptors (Lipinski definition) is 5. The number of aliphatic hydroxyl groups excluding tert-OH is 1. The SMILES string of the molecule is CC1(C)C(O)CC[C@]2(C)C3C(=O)C=C4C5CC(C(=O)Nc6cc(-c7ccccc7)no6)CCC5CCC4[C@]3(C)CCC12C. The minimum Gasteiger partial charge on any atom is -0.393 e. The van der Waals surface area contributed by atoms with Gasteiger partial charge in [0.1, 0.15) is 5.69 Å². The average molecular weight is 585 g/mol. The molecule has 9 atom stereocenters. The van der Waals surface area contributed by atoms with Crippen molar-refractivity contribution >= 4 is 17.6 Å². The molecular weight excluding hydrogens is 536 g/mol. The summed E-state index contributed by atoms with van der Waals surface area (Å²) in [4.78, 5) is 27.9. The molecule has 7 unspecified atom stereocenters. The lowest BCUT2D eigenvalue weighted by Gasteiger charge is -2.71. The molecule has 0 bridgehead atoms. The van der Waals surface area contributed by atoms with Crippen LogP contribution in [0.25, 0.3) is 11.3 Å². The molecule has 1 heterocycles. The van der Waals surface area contributed by atoms with Crippen LogP contribution in [0.2, 0.25) is 0 Å². The van der Waals surface area contributed by atoms with Crippen molar-refractivity contribution in [1.82, 2.24) is 5.16 Å². The number of ketones is 1. The van der Waals surface area contributed by atoms with Crippen molar-refractivity contribution in [2.24, 2.45) is 51.2 Å². The minimum absolute atomic E-state index is 0.00732. The summed E-state index contributed by atoms with van der Waals surface area (Å²) in [6.45, 7) is 11.6. The predicted octanol–water partition coefficient (Wildman–Crippen LogP) is 7.84. The van der Waals surface area contributed by atoms with E-state index in [9.17, 15) is 14.7 Å². The van der Waals surface area contributed by atoms with Crippen molar-refractivity contribution in [2.45, 2.75) is 98.5 Å². The number of amides is 1. The first-order valence-electron chi connectivity index (χ1n) is 16.7. The predicted molar refractivity (Wildman–Crippen MR) is 167 cm³/mol. The molecule has 6 nitrogen and oxygen atoms in total. The minimum atomic E-state index is -0.331. The van der Waals surface area contributed by atoms with Crippen molar-refractivity contribution in [3.8, 4) is 11.3 Å². The Morgan fingerprint density at radius 3 is 2.49 bits per heavy atom. The largest absolute Gasteiger partial charge is 0.393 e. The second kappa shape index (κ2) is 9.89. The molecule has 6 heteroatoms. The number of carbonyl (C=O) groups excluding carboxylic acids is 2. The highest BCUT2D eigenvalue weighted by Gasteiger charge is 2.70. The zero-order chi connectivity index (χ0) is 30.4. The Labute approximate surface area is 256 Å². The first-order valence-corrected chi connectivity index (χ1v) is 16.7. The van der Waals surface area contributed by atoms with Gasteiger partial charge in [-0.25, -0.2) is 0 Å². The summed E-state index contributed by atoms with van der Waals surface area (Å²) in [5.74, 6) is 1.76. The van der Waals surface area contributed by atoms with E-state index >= 15 is 0 Å². The van der Waals surface area contributed by atoms with E-state index < -0.39 is 0 Å². The number of benzene rings is 1. The van der Waals surface area contributed by atoms with Crippen LogP contribution in [0.1, 0.15) is 92.4 Å². The van der Waals surface area contributed by atoms with E-state index in [0.717, 1.165) is 56.9 Å². The van der Waals surface area contributed by atoms with Crippen molar-refractivity contribution in [2.75, 3.05) is 5.32 Å². The van der Waals surface area contributed by atoms with Crippen molar-refractivity contribution < 1.29 is 19.2 Å². The molecule has 4 saturated carbocycles. The number of aliphatic hydroxyl groups is 1. The highest BCUT2D eigenvalue weighted by molar-refractivity contribution is 5.95. The second-order valence-corrected chi connectivity index (χ2v) is 15.9. The molecule has 1 aromatic heterocycles. The molecule has 0 aliphatic heterocycles. The van der Waals surface area contributed by atoms with E-state index in [1.165, 1.54) is 12.0 Å². The first-order chi connectivity index (χ1) is 20.4. The Kier molecular flexibility index (Phi) is 6.67. The van der Waals surface area contributed by atoms with E-state index in [1.54, 1.807) is 6.07 Å². The maximum atomic E-state index is 14.4. The third kappa shape index (κ3) is 4.11. The third-order valence-corrected chi connectivity index (χ3v) is 14.1. The molecule has 5 aliphatic carbocycles. The van der Waals surface area contributed by atoms with Crippen LogP contribution in [-0.4, -0.2) is 28.1 Å². The summed E-state index contributed by atoms with van der Waals surface area (Å²) in [7, 11) is 0. The quantitative estimate of drug-likeness (QED) is 0.383. The van der Waals surface area contributed by atoms with E-state index in [2.05, 4.69) is 51.2 Å². The monoisotopic (exact) mass is 584 g/mol. The topological polar surface area (TPSA) is 92.4 Å². The van der Waals surface area contributed by atoms with Gasteiger partial charge in [-0.1, -0.05) is 75.7 Å². The number of nitrogens with zero attached hydrogens (tertiary/aromatic N) is 1. The summed E-state index contributed by atoms with van der Waals surface area (Å²) in [5.41, 5.74) is 2.42. The van der Waals surface area contributed by atoms with E-state index in [4.69, 9.17) is 4.52 Å². The number of rotatable bonds is 3. The van der Waals surface area contributed by atoms with Gasteiger partial charge in [0, 0.05) is 23.5 Å². The zero-order valence-corrected chi connectivity index (χ0v) is 26.5. The number of allylic oxidation sites excluding steroid dienone is 2. The molecule has 7 rings (SSSR count). The zero-order valence-electron chi connectivity index (χ0n) is 26.5. The molecule has 0 radical (unpaired) electrons. The maximum absolute atomic E-state index is 14.4. The lowest BCUT2D eigenvalue weighted by molar-refractivity contribution is -0.232. The molecule has 230 valence electrons. The van der Waals surface area contributed by atoms with Gasteiger partial charge in [0.25, 0.3) is 0 Å². The van der Waals surface area contributed by atoms with E-state index in [1.807, 2.05) is 30.3 Å². The normalized spacial score (nSPS) is 41.6. The number of anilines is 1. The third-order valence-electron chi connectivity index (χ3n) is 14.1. The molecule has 1 aromatic carbocycles. The fraction of sp³-hybridized carbons (Fsp3) is 0.649. The Balaban J connectivity index is 1.13. The molecule has 4 fully saturated rings. The van der Waals surface area contributed by atoms with Gasteiger partial charge in [0.15, 0.2) is 5.78 Å². The van der Waals surface area contributed by atoms with Crippen LogP contribution in [-0.2, 0) is 9.59 Å². The molecule has 2 aromatic rings. The van der Waals surface area contributed by atoms with Crippen molar-refractivity contribution in [3.63, 3.8) is 0 Å². The molecule has 2 N–H and O–H groups in total.